The maximum absolute atomic E-state index is 12.7. The SMILES string of the molecule is O=c1[nH]c(-c2cnccn2)nc2c1CN(S(=O)(=O)N1CCCC1)CC2. The number of hydrogen-bond donors (Lipinski definition) is 1. The zero-order valence-corrected chi connectivity index (χ0v) is 14.4. The molecule has 1 fully saturated rings. The average molecular weight is 362 g/mol. The molecule has 4 heterocycles. The highest BCUT2D eigenvalue weighted by Crippen LogP contribution is 2.23. The predicted octanol–water partition coefficient (Wildman–Crippen LogP) is -0.0744. The third-order valence-corrected chi connectivity index (χ3v) is 6.54. The number of rotatable bonds is 3. The van der Waals surface area contributed by atoms with Gasteiger partial charge >= 0.3 is 0 Å². The van der Waals surface area contributed by atoms with Crippen molar-refractivity contribution in [3.63, 3.8) is 0 Å². The highest BCUT2D eigenvalue weighted by Gasteiger charge is 2.35. The van der Waals surface area contributed by atoms with Crippen LogP contribution in [0.25, 0.3) is 11.5 Å². The lowest BCUT2D eigenvalue weighted by molar-refractivity contribution is 0.342. The van der Waals surface area contributed by atoms with E-state index >= 15 is 0 Å². The van der Waals surface area contributed by atoms with Crippen molar-refractivity contribution in [2.45, 2.75) is 25.8 Å². The molecule has 0 aliphatic carbocycles. The van der Waals surface area contributed by atoms with Gasteiger partial charge in [0, 0.05) is 45.0 Å². The van der Waals surface area contributed by atoms with Crippen LogP contribution in [0.3, 0.4) is 0 Å². The van der Waals surface area contributed by atoms with E-state index in [1.165, 1.54) is 21.0 Å². The van der Waals surface area contributed by atoms with E-state index in [2.05, 4.69) is 19.9 Å². The van der Waals surface area contributed by atoms with E-state index in [0.717, 1.165) is 12.8 Å². The second-order valence-electron chi connectivity index (χ2n) is 6.13. The van der Waals surface area contributed by atoms with Crippen LogP contribution in [0.5, 0.6) is 0 Å². The fraction of sp³-hybridized carbons (Fsp3) is 0.467. The van der Waals surface area contributed by atoms with Crippen molar-refractivity contribution < 1.29 is 8.42 Å². The van der Waals surface area contributed by atoms with Crippen LogP contribution in [0.2, 0.25) is 0 Å². The molecule has 2 aliphatic heterocycles. The summed E-state index contributed by atoms with van der Waals surface area (Å²) in [5.74, 6) is 0.354. The molecule has 132 valence electrons. The van der Waals surface area contributed by atoms with Crippen LogP contribution in [0.15, 0.2) is 23.4 Å². The third kappa shape index (κ3) is 2.96. The monoisotopic (exact) mass is 362 g/mol. The second kappa shape index (κ2) is 6.28. The van der Waals surface area contributed by atoms with Gasteiger partial charge in [0.1, 0.15) is 5.69 Å². The summed E-state index contributed by atoms with van der Waals surface area (Å²) < 4.78 is 28.3. The Bertz CT molecular complexity index is 937. The minimum absolute atomic E-state index is 0.0528. The Morgan fingerprint density at radius 2 is 1.88 bits per heavy atom. The predicted molar refractivity (Wildman–Crippen MR) is 89.7 cm³/mol. The van der Waals surface area contributed by atoms with E-state index in [1.54, 1.807) is 6.20 Å². The van der Waals surface area contributed by atoms with Crippen LogP contribution in [0.1, 0.15) is 24.1 Å². The molecule has 2 aliphatic rings. The fourth-order valence-electron chi connectivity index (χ4n) is 3.22. The summed E-state index contributed by atoms with van der Waals surface area (Å²) in [5, 5.41) is 0. The Morgan fingerprint density at radius 1 is 1.08 bits per heavy atom. The quantitative estimate of drug-likeness (QED) is 0.818. The van der Waals surface area contributed by atoms with Crippen molar-refractivity contribution in [1.29, 1.82) is 0 Å². The van der Waals surface area contributed by atoms with Gasteiger partial charge in [-0.3, -0.25) is 9.78 Å². The van der Waals surface area contributed by atoms with Crippen molar-refractivity contribution in [3.05, 3.63) is 40.2 Å². The standard InChI is InChI=1S/C15H18N6O3S/c22-15-11-10-21(25(23,24)20-6-1-2-7-20)8-3-12(11)18-14(19-15)13-9-16-4-5-17-13/h4-5,9H,1-3,6-8,10H2,(H,18,19,22). The summed E-state index contributed by atoms with van der Waals surface area (Å²) in [6, 6.07) is 0. The molecule has 0 unspecified atom stereocenters. The number of aromatic amines is 1. The molecule has 1 saturated heterocycles. The maximum Gasteiger partial charge on any atom is 0.282 e. The molecule has 0 radical (unpaired) electrons. The lowest BCUT2D eigenvalue weighted by atomic mass is 10.1. The normalized spacial score (nSPS) is 19.0. The van der Waals surface area contributed by atoms with Crippen LogP contribution in [0, 0.1) is 0 Å². The van der Waals surface area contributed by atoms with Gasteiger partial charge in [-0.25, -0.2) is 9.97 Å². The summed E-state index contributed by atoms with van der Waals surface area (Å²) in [5.41, 5.74) is 1.18. The van der Waals surface area contributed by atoms with E-state index in [4.69, 9.17) is 0 Å². The van der Waals surface area contributed by atoms with Crippen molar-refractivity contribution in [2.24, 2.45) is 0 Å². The van der Waals surface area contributed by atoms with E-state index in [-0.39, 0.29) is 12.1 Å². The molecule has 0 spiro atoms. The fourth-order valence-corrected chi connectivity index (χ4v) is 4.88. The summed E-state index contributed by atoms with van der Waals surface area (Å²) in [7, 11) is -3.52. The Hall–Kier alpha value is -2.17. The topological polar surface area (TPSA) is 112 Å². The van der Waals surface area contributed by atoms with Crippen LogP contribution in [0.4, 0.5) is 0 Å². The van der Waals surface area contributed by atoms with Crippen molar-refractivity contribution >= 4 is 10.2 Å². The summed E-state index contributed by atoms with van der Waals surface area (Å²) >= 11 is 0. The average Bonchev–Trinajstić information content (AvgIpc) is 3.17. The molecule has 0 atom stereocenters. The lowest BCUT2D eigenvalue weighted by Crippen LogP contribution is -2.46. The van der Waals surface area contributed by atoms with Crippen molar-refractivity contribution in [2.75, 3.05) is 19.6 Å². The minimum Gasteiger partial charge on any atom is -0.305 e. The number of fused-ring (bicyclic) bond motifs is 1. The van der Waals surface area contributed by atoms with Crippen LogP contribution < -0.4 is 5.56 Å². The van der Waals surface area contributed by atoms with Crippen LogP contribution >= 0.6 is 0 Å². The Balaban J connectivity index is 1.65. The van der Waals surface area contributed by atoms with Crippen molar-refractivity contribution in [3.8, 4) is 11.5 Å². The molecule has 25 heavy (non-hydrogen) atoms. The van der Waals surface area contributed by atoms with Gasteiger partial charge in [-0.1, -0.05) is 0 Å². The summed E-state index contributed by atoms with van der Waals surface area (Å²) in [6.45, 7) is 1.47. The lowest BCUT2D eigenvalue weighted by Gasteiger charge is -2.30. The molecular formula is C15H18N6O3S. The number of nitrogens with one attached hydrogen (secondary N) is 1. The molecule has 2 aromatic rings. The molecule has 1 N–H and O–H groups in total. The number of aromatic nitrogens is 4. The first-order valence-electron chi connectivity index (χ1n) is 8.19. The first-order chi connectivity index (χ1) is 12.1. The molecular weight excluding hydrogens is 344 g/mol. The molecule has 9 nitrogen and oxygen atoms in total. The molecule has 4 rings (SSSR count). The largest absolute Gasteiger partial charge is 0.305 e. The van der Waals surface area contributed by atoms with Gasteiger partial charge in [0.05, 0.1) is 17.5 Å². The van der Waals surface area contributed by atoms with Gasteiger partial charge in [0.25, 0.3) is 15.8 Å². The van der Waals surface area contributed by atoms with Crippen LogP contribution in [-0.2, 0) is 23.2 Å². The summed E-state index contributed by atoms with van der Waals surface area (Å²) in [4.78, 5) is 27.7. The van der Waals surface area contributed by atoms with Gasteiger partial charge in [0.15, 0.2) is 5.82 Å². The highest BCUT2D eigenvalue weighted by molar-refractivity contribution is 7.86. The molecule has 0 saturated carbocycles. The minimum atomic E-state index is -3.52. The molecule has 0 bridgehead atoms. The molecule has 0 amide bonds. The first-order valence-corrected chi connectivity index (χ1v) is 9.59. The maximum atomic E-state index is 12.7. The number of nitrogens with zero attached hydrogens (tertiary/aromatic N) is 5. The number of hydrogen-bond acceptors (Lipinski definition) is 6. The third-order valence-electron chi connectivity index (χ3n) is 4.56. The molecule has 2 aromatic heterocycles. The van der Waals surface area contributed by atoms with Gasteiger partial charge in [-0.05, 0) is 12.8 Å². The Labute approximate surface area is 144 Å². The van der Waals surface area contributed by atoms with Gasteiger partial charge < -0.3 is 4.98 Å². The van der Waals surface area contributed by atoms with E-state index in [1.807, 2.05) is 0 Å². The Kier molecular flexibility index (Phi) is 4.10. The molecule has 0 aromatic carbocycles. The van der Waals surface area contributed by atoms with Gasteiger partial charge in [-0.2, -0.15) is 17.0 Å². The summed E-state index contributed by atoms with van der Waals surface area (Å²) in [6.07, 6.45) is 6.76. The van der Waals surface area contributed by atoms with E-state index in [9.17, 15) is 13.2 Å². The van der Waals surface area contributed by atoms with Gasteiger partial charge in [-0.15, -0.1) is 0 Å². The zero-order chi connectivity index (χ0) is 17.4. The van der Waals surface area contributed by atoms with E-state index < -0.39 is 10.2 Å². The van der Waals surface area contributed by atoms with E-state index in [0.29, 0.717) is 48.8 Å². The van der Waals surface area contributed by atoms with Crippen molar-refractivity contribution in [1.82, 2.24) is 28.5 Å². The zero-order valence-electron chi connectivity index (χ0n) is 13.6. The first kappa shape index (κ1) is 16.3. The van der Waals surface area contributed by atoms with Gasteiger partial charge in [0.2, 0.25) is 0 Å². The second-order valence-corrected chi connectivity index (χ2v) is 8.06. The van der Waals surface area contributed by atoms with Crippen LogP contribution in [-0.4, -0.2) is 56.6 Å². The molecule has 10 heteroatoms. The highest BCUT2D eigenvalue weighted by atomic mass is 32.2. The Morgan fingerprint density at radius 3 is 2.60 bits per heavy atom. The smallest absolute Gasteiger partial charge is 0.282 e. The number of H-pyrrole nitrogens is 1.